The molecule has 2 aromatic rings. The predicted octanol–water partition coefficient (Wildman–Crippen LogP) is 3.38. The fourth-order valence-corrected chi connectivity index (χ4v) is 4.76. The third-order valence-corrected chi connectivity index (χ3v) is 6.73. The topological polar surface area (TPSA) is 47.0 Å². The van der Waals surface area contributed by atoms with E-state index in [1.54, 1.807) is 12.1 Å². The highest BCUT2D eigenvalue weighted by atomic mass is 16.3. The summed E-state index contributed by atoms with van der Waals surface area (Å²) in [5.74, 6) is 1.26. The zero-order valence-electron chi connectivity index (χ0n) is 17.9. The molecule has 1 atom stereocenters. The summed E-state index contributed by atoms with van der Waals surface area (Å²) in [5.41, 5.74) is 2.54. The second kappa shape index (κ2) is 9.52. The Morgan fingerprint density at radius 1 is 0.933 bits per heavy atom. The van der Waals surface area contributed by atoms with Crippen molar-refractivity contribution in [1.82, 2.24) is 9.80 Å². The van der Waals surface area contributed by atoms with E-state index in [4.69, 9.17) is 0 Å². The van der Waals surface area contributed by atoms with Gasteiger partial charge >= 0.3 is 0 Å². The number of nitrogens with zero attached hydrogens (tertiary/aromatic N) is 3. The van der Waals surface area contributed by atoms with Crippen molar-refractivity contribution in [1.29, 1.82) is 0 Å². The first-order valence-electron chi connectivity index (χ1n) is 11.2. The lowest BCUT2D eigenvalue weighted by Crippen LogP contribution is -2.55. The van der Waals surface area contributed by atoms with Gasteiger partial charge in [0.05, 0.1) is 6.04 Å². The first-order chi connectivity index (χ1) is 14.6. The maximum Gasteiger partial charge on any atom is 0.239 e. The maximum atomic E-state index is 13.1. The molecule has 2 saturated heterocycles. The van der Waals surface area contributed by atoms with Gasteiger partial charge in [0.2, 0.25) is 5.91 Å². The quantitative estimate of drug-likeness (QED) is 0.825. The van der Waals surface area contributed by atoms with E-state index in [1.807, 2.05) is 12.1 Å². The molecule has 2 aliphatic heterocycles. The zero-order valence-corrected chi connectivity index (χ0v) is 17.9. The van der Waals surface area contributed by atoms with Gasteiger partial charge in [-0.1, -0.05) is 30.3 Å². The van der Waals surface area contributed by atoms with E-state index in [1.165, 1.54) is 5.56 Å². The number of piperazine rings is 1. The average molecular weight is 408 g/mol. The van der Waals surface area contributed by atoms with Crippen molar-refractivity contribution in [3.63, 3.8) is 0 Å². The minimum Gasteiger partial charge on any atom is -0.508 e. The summed E-state index contributed by atoms with van der Waals surface area (Å²) in [5, 5.41) is 9.48. The van der Waals surface area contributed by atoms with E-state index >= 15 is 0 Å². The molecule has 1 N–H and O–H groups in total. The molecule has 0 spiro atoms. The van der Waals surface area contributed by atoms with Crippen LogP contribution in [0.4, 0.5) is 5.69 Å². The summed E-state index contributed by atoms with van der Waals surface area (Å²) < 4.78 is 0. The Labute approximate surface area is 179 Å². The molecule has 0 aliphatic carbocycles. The average Bonchev–Trinajstić information content (AvgIpc) is 2.80. The number of anilines is 1. The molecule has 1 amide bonds. The van der Waals surface area contributed by atoms with Gasteiger partial charge in [-0.15, -0.1) is 0 Å². The van der Waals surface area contributed by atoms with Gasteiger partial charge in [0.25, 0.3) is 0 Å². The summed E-state index contributed by atoms with van der Waals surface area (Å²) in [4.78, 5) is 19.8. The van der Waals surface area contributed by atoms with Crippen LogP contribution in [0.1, 0.15) is 25.3 Å². The lowest BCUT2D eigenvalue weighted by Gasteiger charge is -2.41. The summed E-state index contributed by atoms with van der Waals surface area (Å²) in [6, 6.07) is 18.0. The van der Waals surface area contributed by atoms with Crippen LogP contribution in [0, 0.1) is 5.92 Å². The molecule has 5 nitrogen and oxygen atoms in total. The number of benzene rings is 2. The van der Waals surface area contributed by atoms with Crippen molar-refractivity contribution >= 4 is 11.6 Å². The molecule has 0 bridgehead atoms. The molecular weight excluding hydrogens is 374 g/mol. The number of carbonyl (C=O) groups excluding carboxylic acids is 1. The van der Waals surface area contributed by atoms with Gasteiger partial charge in [0.1, 0.15) is 5.75 Å². The van der Waals surface area contributed by atoms with Crippen LogP contribution in [0.25, 0.3) is 0 Å². The summed E-state index contributed by atoms with van der Waals surface area (Å²) in [7, 11) is 0. The van der Waals surface area contributed by atoms with Crippen LogP contribution < -0.4 is 4.90 Å². The van der Waals surface area contributed by atoms with Crippen LogP contribution in [-0.4, -0.2) is 66.1 Å². The fourth-order valence-electron chi connectivity index (χ4n) is 4.76. The van der Waals surface area contributed by atoms with E-state index < -0.39 is 0 Å². The number of rotatable bonds is 5. The van der Waals surface area contributed by atoms with Crippen molar-refractivity contribution in [2.24, 2.45) is 5.92 Å². The van der Waals surface area contributed by atoms with Gasteiger partial charge in [0, 0.05) is 45.0 Å². The maximum absolute atomic E-state index is 13.1. The summed E-state index contributed by atoms with van der Waals surface area (Å²) >= 11 is 0. The number of likely N-dealkylation sites (tertiary alicyclic amines) is 1. The van der Waals surface area contributed by atoms with Gasteiger partial charge < -0.3 is 14.9 Å². The molecule has 0 radical (unpaired) electrons. The first kappa shape index (κ1) is 20.7. The van der Waals surface area contributed by atoms with E-state index in [0.717, 1.165) is 64.2 Å². The number of amides is 1. The number of hydrogen-bond acceptors (Lipinski definition) is 4. The van der Waals surface area contributed by atoms with Gasteiger partial charge in [-0.3, -0.25) is 9.69 Å². The van der Waals surface area contributed by atoms with Crippen LogP contribution in [0.3, 0.4) is 0 Å². The van der Waals surface area contributed by atoms with Crippen LogP contribution in [-0.2, 0) is 11.2 Å². The zero-order chi connectivity index (χ0) is 20.9. The van der Waals surface area contributed by atoms with E-state index in [2.05, 4.69) is 52.0 Å². The Morgan fingerprint density at radius 2 is 1.57 bits per heavy atom. The molecule has 2 aromatic carbocycles. The summed E-state index contributed by atoms with van der Waals surface area (Å²) in [6.45, 7) is 7.41. The van der Waals surface area contributed by atoms with Gasteiger partial charge in [-0.2, -0.15) is 0 Å². The highest BCUT2D eigenvalue weighted by Crippen LogP contribution is 2.24. The molecule has 2 heterocycles. The van der Waals surface area contributed by atoms with Crippen LogP contribution in [0.2, 0.25) is 0 Å². The monoisotopic (exact) mass is 407 g/mol. The van der Waals surface area contributed by atoms with Gasteiger partial charge in [-0.05, 0) is 61.9 Å². The summed E-state index contributed by atoms with van der Waals surface area (Å²) in [6.07, 6.45) is 3.32. The molecule has 0 aromatic heterocycles. The SMILES string of the molecule is C[C@@H](C(=O)N1CCC(Cc2ccccc2)CC1)N1CCN(c2ccc(O)cc2)CC1. The van der Waals surface area contributed by atoms with Crippen molar-refractivity contribution in [3.8, 4) is 5.75 Å². The van der Waals surface area contributed by atoms with Crippen LogP contribution >= 0.6 is 0 Å². The molecule has 4 rings (SSSR count). The van der Waals surface area contributed by atoms with Crippen molar-refractivity contribution in [3.05, 3.63) is 60.2 Å². The van der Waals surface area contributed by atoms with Crippen molar-refractivity contribution < 1.29 is 9.90 Å². The standard InChI is InChI=1S/C25H33N3O2/c1-20(26-15-17-27(18-16-26)23-7-9-24(29)10-8-23)25(30)28-13-11-22(12-14-28)19-21-5-3-2-4-6-21/h2-10,20,22,29H,11-19H2,1H3/t20-/m0/s1. The predicted molar refractivity (Wildman–Crippen MR) is 121 cm³/mol. The number of piperidine rings is 1. The molecule has 2 fully saturated rings. The van der Waals surface area contributed by atoms with Gasteiger partial charge in [0.15, 0.2) is 0 Å². The number of hydrogen-bond donors (Lipinski definition) is 1. The van der Waals surface area contributed by atoms with E-state index in [-0.39, 0.29) is 11.9 Å². The fraction of sp³-hybridized carbons (Fsp3) is 0.480. The number of aromatic hydroxyl groups is 1. The lowest BCUT2D eigenvalue weighted by molar-refractivity contribution is -0.138. The molecule has 30 heavy (non-hydrogen) atoms. The van der Waals surface area contributed by atoms with Crippen LogP contribution in [0.5, 0.6) is 5.75 Å². The third-order valence-electron chi connectivity index (χ3n) is 6.73. The van der Waals surface area contributed by atoms with E-state index in [9.17, 15) is 9.90 Å². The molecular formula is C25H33N3O2. The largest absolute Gasteiger partial charge is 0.508 e. The Balaban J connectivity index is 1.24. The van der Waals surface area contributed by atoms with Gasteiger partial charge in [-0.25, -0.2) is 0 Å². The minimum absolute atomic E-state index is 0.0577. The Morgan fingerprint density at radius 3 is 2.20 bits per heavy atom. The highest BCUT2D eigenvalue weighted by Gasteiger charge is 2.31. The van der Waals surface area contributed by atoms with E-state index in [0.29, 0.717) is 11.7 Å². The number of phenolic OH excluding ortho intramolecular Hbond substituents is 1. The van der Waals surface area contributed by atoms with Crippen molar-refractivity contribution in [2.75, 3.05) is 44.2 Å². The van der Waals surface area contributed by atoms with Crippen molar-refractivity contribution in [2.45, 2.75) is 32.2 Å². The highest BCUT2D eigenvalue weighted by molar-refractivity contribution is 5.81. The Kier molecular flexibility index (Phi) is 6.58. The minimum atomic E-state index is -0.0577. The molecule has 0 unspecified atom stereocenters. The van der Waals surface area contributed by atoms with Crippen LogP contribution in [0.15, 0.2) is 54.6 Å². The molecule has 160 valence electrons. The third kappa shape index (κ3) is 4.96. The molecule has 2 aliphatic rings. The normalized spacial score (nSPS) is 19.6. The second-order valence-corrected chi connectivity index (χ2v) is 8.67. The molecule has 0 saturated carbocycles. The number of phenols is 1. The Hall–Kier alpha value is -2.53. The smallest absolute Gasteiger partial charge is 0.239 e. The first-order valence-corrected chi connectivity index (χ1v) is 11.2. The number of carbonyl (C=O) groups is 1. The second-order valence-electron chi connectivity index (χ2n) is 8.67. The lowest BCUT2D eigenvalue weighted by atomic mass is 9.90. The Bertz CT molecular complexity index is 808. The molecule has 5 heteroatoms.